The summed E-state index contributed by atoms with van der Waals surface area (Å²) in [6.45, 7) is 0.546. The third-order valence-corrected chi connectivity index (χ3v) is 4.22. The highest BCUT2D eigenvalue weighted by molar-refractivity contribution is 6.05. The number of benzene rings is 1. The number of carbonyl (C=O) groups is 1. The number of aliphatic hydroxyl groups excluding tert-OH is 2. The normalized spacial score (nSPS) is 22.0. The number of β-amino-alcohol motifs (C(OH)–C–C–N with tert-alkyl or cyclic N) is 1. The van der Waals surface area contributed by atoms with Crippen molar-refractivity contribution in [3.8, 4) is 0 Å². The largest absolute Gasteiger partial charge is 0.396 e. The maximum atomic E-state index is 12.7. The van der Waals surface area contributed by atoms with Crippen molar-refractivity contribution < 1.29 is 15.0 Å². The Hall–Kier alpha value is -2.18. The van der Waals surface area contributed by atoms with E-state index >= 15 is 0 Å². The quantitative estimate of drug-likeness (QED) is 0.746. The van der Waals surface area contributed by atoms with Crippen LogP contribution < -0.4 is 5.56 Å². The van der Waals surface area contributed by atoms with E-state index in [2.05, 4.69) is 4.98 Å². The van der Waals surface area contributed by atoms with Crippen molar-refractivity contribution in [3.05, 3.63) is 46.2 Å². The van der Waals surface area contributed by atoms with Gasteiger partial charge in [0.05, 0.1) is 11.7 Å². The summed E-state index contributed by atoms with van der Waals surface area (Å²) in [4.78, 5) is 28.7. The fraction of sp³-hybridized carbons (Fsp3) is 0.375. The van der Waals surface area contributed by atoms with Gasteiger partial charge in [-0.3, -0.25) is 9.59 Å². The number of rotatable bonds is 2. The molecule has 1 aliphatic rings. The van der Waals surface area contributed by atoms with Crippen LogP contribution in [0, 0.1) is 5.92 Å². The maximum Gasteiger partial charge on any atom is 0.254 e. The van der Waals surface area contributed by atoms with Gasteiger partial charge in [-0.25, -0.2) is 0 Å². The first-order valence-corrected chi connectivity index (χ1v) is 7.30. The molecule has 0 radical (unpaired) electrons. The predicted molar refractivity (Wildman–Crippen MR) is 81.7 cm³/mol. The van der Waals surface area contributed by atoms with Crippen LogP contribution in [-0.2, 0) is 0 Å². The van der Waals surface area contributed by atoms with Crippen molar-refractivity contribution in [3.63, 3.8) is 0 Å². The molecule has 1 aromatic heterocycles. The fourth-order valence-electron chi connectivity index (χ4n) is 2.93. The monoisotopic (exact) mass is 302 g/mol. The van der Waals surface area contributed by atoms with E-state index in [4.69, 9.17) is 0 Å². The molecule has 3 N–H and O–H groups in total. The summed E-state index contributed by atoms with van der Waals surface area (Å²) >= 11 is 0. The van der Waals surface area contributed by atoms with Gasteiger partial charge < -0.3 is 20.1 Å². The second kappa shape index (κ2) is 5.90. The lowest BCUT2D eigenvalue weighted by Gasteiger charge is -2.35. The summed E-state index contributed by atoms with van der Waals surface area (Å²) in [5.41, 5.74) is 0.631. The Balaban J connectivity index is 1.95. The molecule has 1 saturated heterocycles. The topological polar surface area (TPSA) is 93.6 Å². The minimum absolute atomic E-state index is 0.0862. The van der Waals surface area contributed by atoms with Crippen LogP contribution in [0.2, 0.25) is 0 Å². The number of hydrogen-bond donors (Lipinski definition) is 3. The molecule has 3 rings (SSSR count). The molecule has 0 aliphatic carbocycles. The van der Waals surface area contributed by atoms with E-state index in [1.807, 2.05) is 6.07 Å². The Morgan fingerprint density at radius 2 is 2.14 bits per heavy atom. The van der Waals surface area contributed by atoms with E-state index in [1.54, 1.807) is 18.2 Å². The first-order chi connectivity index (χ1) is 10.6. The highest BCUT2D eigenvalue weighted by Gasteiger charge is 2.30. The number of H-pyrrole nitrogens is 1. The highest BCUT2D eigenvalue weighted by atomic mass is 16.3. The third kappa shape index (κ3) is 2.63. The lowest BCUT2D eigenvalue weighted by Crippen LogP contribution is -2.47. The average molecular weight is 302 g/mol. The van der Waals surface area contributed by atoms with Crippen LogP contribution in [0.3, 0.4) is 0 Å². The zero-order chi connectivity index (χ0) is 15.7. The summed E-state index contributed by atoms with van der Waals surface area (Å²) < 4.78 is 0. The molecule has 2 heterocycles. The van der Waals surface area contributed by atoms with Crippen molar-refractivity contribution in [2.24, 2.45) is 5.92 Å². The number of nitrogens with zero attached hydrogens (tertiary/aromatic N) is 1. The molecule has 0 saturated carbocycles. The summed E-state index contributed by atoms with van der Waals surface area (Å²) in [6, 6.07) is 8.44. The second-order valence-electron chi connectivity index (χ2n) is 5.64. The van der Waals surface area contributed by atoms with Crippen LogP contribution in [0.1, 0.15) is 16.8 Å². The number of amides is 1. The van der Waals surface area contributed by atoms with Crippen molar-refractivity contribution >= 4 is 16.8 Å². The number of piperidine rings is 1. The SMILES string of the molecule is O=C(c1cc(=O)[nH]c2ccccc12)N1CC[C@H](CO)[C@@H](O)C1. The van der Waals surface area contributed by atoms with Crippen LogP contribution >= 0.6 is 0 Å². The Labute approximate surface area is 127 Å². The molecule has 0 spiro atoms. The molecule has 1 aromatic carbocycles. The number of fused-ring (bicyclic) bond motifs is 1. The molecule has 1 aliphatic heterocycles. The van der Waals surface area contributed by atoms with E-state index in [1.165, 1.54) is 11.0 Å². The smallest absolute Gasteiger partial charge is 0.254 e. The van der Waals surface area contributed by atoms with Crippen molar-refractivity contribution in [2.75, 3.05) is 19.7 Å². The minimum Gasteiger partial charge on any atom is -0.396 e. The van der Waals surface area contributed by atoms with Crippen LogP contribution in [-0.4, -0.2) is 51.8 Å². The third-order valence-electron chi connectivity index (χ3n) is 4.22. The summed E-state index contributed by atoms with van der Waals surface area (Å²) in [7, 11) is 0. The molecule has 6 heteroatoms. The Kier molecular flexibility index (Phi) is 3.96. The molecule has 2 aromatic rings. The lowest BCUT2D eigenvalue weighted by atomic mass is 9.94. The van der Waals surface area contributed by atoms with Crippen LogP contribution in [0.5, 0.6) is 0 Å². The number of para-hydroxylation sites is 1. The van der Waals surface area contributed by atoms with Crippen LogP contribution in [0.4, 0.5) is 0 Å². The van der Waals surface area contributed by atoms with Gasteiger partial charge in [-0.1, -0.05) is 18.2 Å². The van der Waals surface area contributed by atoms with Gasteiger partial charge in [-0.05, 0) is 12.5 Å². The number of aliphatic hydroxyl groups is 2. The first-order valence-electron chi connectivity index (χ1n) is 7.30. The van der Waals surface area contributed by atoms with Crippen LogP contribution in [0.25, 0.3) is 10.9 Å². The number of carbonyl (C=O) groups excluding carboxylic acids is 1. The number of likely N-dealkylation sites (tertiary alicyclic amines) is 1. The van der Waals surface area contributed by atoms with Gasteiger partial charge in [0.25, 0.3) is 5.91 Å². The van der Waals surface area contributed by atoms with E-state index in [9.17, 15) is 19.8 Å². The molecule has 1 fully saturated rings. The molecule has 0 unspecified atom stereocenters. The summed E-state index contributed by atoms with van der Waals surface area (Å²) in [6.07, 6.45) is -0.194. The van der Waals surface area contributed by atoms with Crippen molar-refractivity contribution in [1.29, 1.82) is 0 Å². The van der Waals surface area contributed by atoms with E-state index in [0.717, 1.165) is 0 Å². The number of nitrogens with one attached hydrogen (secondary N) is 1. The molecular weight excluding hydrogens is 284 g/mol. The zero-order valence-corrected chi connectivity index (χ0v) is 12.0. The van der Waals surface area contributed by atoms with Gasteiger partial charge in [0.15, 0.2) is 0 Å². The molecule has 22 heavy (non-hydrogen) atoms. The Bertz CT molecular complexity index is 755. The first kappa shape index (κ1) is 14.7. The van der Waals surface area contributed by atoms with Crippen LogP contribution in [0.15, 0.2) is 35.1 Å². The van der Waals surface area contributed by atoms with Gasteiger partial charge in [0.2, 0.25) is 5.56 Å². The molecule has 2 atom stereocenters. The van der Waals surface area contributed by atoms with E-state index in [-0.39, 0.29) is 30.5 Å². The molecule has 116 valence electrons. The number of pyridine rings is 1. The van der Waals surface area contributed by atoms with E-state index < -0.39 is 6.10 Å². The van der Waals surface area contributed by atoms with Gasteiger partial charge in [-0.15, -0.1) is 0 Å². The van der Waals surface area contributed by atoms with E-state index in [0.29, 0.717) is 29.4 Å². The Morgan fingerprint density at radius 1 is 1.36 bits per heavy atom. The lowest BCUT2D eigenvalue weighted by molar-refractivity contribution is 0.000945. The van der Waals surface area contributed by atoms with Crippen molar-refractivity contribution in [2.45, 2.75) is 12.5 Å². The molecular formula is C16H18N2O4. The molecule has 0 bridgehead atoms. The Morgan fingerprint density at radius 3 is 2.86 bits per heavy atom. The van der Waals surface area contributed by atoms with Gasteiger partial charge in [-0.2, -0.15) is 0 Å². The maximum absolute atomic E-state index is 12.7. The number of hydrogen-bond acceptors (Lipinski definition) is 4. The standard InChI is InChI=1S/C16H18N2O4/c19-9-10-5-6-18(8-14(10)20)16(22)12-7-15(21)17-13-4-2-1-3-11(12)13/h1-4,7,10,14,19-20H,5-6,8-9H2,(H,17,21)/t10-,14+/m1/s1. The zero-order valence-electron chi connectivity index (χ0n) is 12.0. The van der Waals surface area contributed by atoms with Crippen molar-refractivity contribution in [1.82, 2.24) is 9.88 Å². The highest BCUT2D eigenvalue weighted by Crippen LogP contribution is 2.21. The average Bonchev–Trinajstić information content (AvgIpc) is 2.53. The number of aromatic nitrogens is 1. The van der Waals surface area contributed by atoms with Gasteiger partial charge in [0, 0.05) is 42.6 Å². The summed E-state index contributed by atoms with van der Waals surface area (Å²) in [5, 5.41) is 19.8. The molecule has 6 nitrogen and oxygen atoms in total. The summed E-state index contributed by atoms with van der Waals surface area (Å²) in [5.74, 6) is -0.460. The van der Waals surface area contributed by atoms with Gasteiger partial charge in [0.1, 0.15) is 0 Å². The fourth-order valence-corrected chi connectivity index (χ4v) is 2.93. The molecule has 1 amide bonds. The second-order valence-corrected chi connectivity index (χ2v) is 5.64. The number of aromatic amines is 1. The van der Waals surface area contributed by atoms with Gasteiger partial charge >= 0.3 is 0 Å². The predicted octanol–water partition coefficient (Wildman–Crippen LogP) is 0.343. The minimum atomic E-state index is -0.740.